The zero-order valence-electron chi connectivity index (χ0n) is 26.0. The molecule has 1 amide bonds. The third-order valence-corrected chi connectivity index (χ3v) is 9.34. The first-order valence-electron chi connectivity index (χ1n) is 15.6. The summed E-state index contributed by atoms with van der Waals surface area (Å²) in [6.07, 6.45) is 8.02. The van der Waals surface area contributed by atoms with Gasteiger partial charge in [-0.1, -0.05) is 12.2 Å². The van der Waals surface area contributed by atoms with E-state index in [9.17, 15) is 14.4 Å². The minimum absolute atomic E-state index is 0.0101. The number of nitrogens with zero attached hydrogens (tertiary/aromatic N) is 2. The SMILES string of the molecule is CCOC(=O)[C@]12CC(=O)[C@@H]3C[C@@H](Oc4cc(OCC)nc5c(C)c(OC)ccc45)C[C@H]3C(=O)N(C)CCCC/C=C\[C@H]1C2. The first-order chi connectivity index (χ1) is 20.7. The summed E-state index contributed by atoms with van der Waals surface area (Å²) in [4.78, 5) is 47.4. The van der Waals surface area contributed by atoms with Crippen LogP contribution in [0.25, 0.3) is 10.9 Å². The number of carbonyl (C=O) groups excluding carboxylic acids is 3. The summed E-state index contributed by atoms with van der Waals surface area (Å²) in [5, 5.41) is 0.809. The molecule has 0 saturated heterocycles. The van der Waals surface area contributed by atoms with Crippen molar-refractivity contribution in [2.75, 3.05) is 33.9 Å². The van der Waals surface area contributed by atoms with Gasteiger partial charge in [-0.05, 0) is 77.3 Å². The van der Waals surface area contributed by atoms with Crippen LogP contribution >= 0.6 is 0 Å². The average molecular weight is 593 g/mol. The summed E-state index contributed by atoms with van der Waals surface area (Å²) in [6.45, 7) is 6.98. The number of amides is 1. The number of esters is 1. The van der Waals surface area contributed by atoms with Gasteiger partial charge in [-0.3, -0.25) is 14.4 Å². The molecule has 0 N–H and O–H groups in total. The number of fused-ring (bicyclic) bond motifs is 3. The Morgan fingerprint density at radius 3 is 2.63 bits per heavy atom. The Morgan fingerprint density at radius 2 is 1.88 bits per heavy atom. The highest BCUT2D eigenvalue weighted by Crippen LogP contribution is 2.58. The largest absolute Gasteiger partial charge is 0.496 e. The number of ether oxygens (including phenoxy) is 4. The van der Waals surface area contributed by atoms with Gasteiger partial charge < -0.3 is 23.8 Å². The highest BCUT2D eigenvalue weighted by atomic mass is 16.5. The van der Waals surface area contributed by atoms with Gasteiger partial charge in [-0.15, -0.1) is 0 Å². The normalized spacial score (nSPS) is 28.4. The van der Waals surface area contributed by atoms with Crippen LogP contribution in [0.1, 0.15) is 64.4 Å². The molecule has 2 aromatic rings. The number of aromatic nitrogens is 1. The average Bonchev–Trinajstić information content (AvgIpc) is 3.52. The zero-order chi connectivity index (χ0) is 30.7. The molecule has 1 aliphatic heterocycles. The van der Waals surface area contributed by atoms with Crippen molar-refractivity contribution in [1.29, 1.82) is 0 Å². The minimum Gasteiger partial charge on any atom is -0.496 e. The fourth-order valence-corrected chi connectivity index (χ4v) is 6.87. The van der Waals surface area contributed by atoms with E-state index < -0.39 is 17.3 Å². The lowest BCUT2D eigenvalue weighted by molar-refractivity contribution is -0.152. The number of rotatable bonds is 7. The van der Waals surface area contributed by atoms with Crippen molar-refractivity contribution < 1.29 is 33.3 Å². The number of methoxy groups -OCH3 is 1. The van der Waals surface area contributed by atoms with Crippen LogP contribution in [-0.4, -0.2) is 67.6 Å². The molecule has 2 fully saturated rings. The molecule has 1 aromatic heterocycles. The molecule has 0 spiro atoms. The third kappa shape index (κ3) is 6.22. The maximum absolute atomic E-state index is 14.0. The number of hydrogen-bond donors (Lipinski definition) is 0. The van der Waals surface area contributed by atoms with E-state index in [0.717, 1.165) is 30.2 Å². The van der Waals surface area contributed by atoms with E-state index in [-0.39, 0.29) is 42.7 Å². The van der Waals surface area contributed by atoms with Crippen molar-refractivity contribution >= 4 is 28.6 Å². The number of hydrogen-bond acceptors (Lipinski definition) is 8. The molecule has 1 aromatic carbocycles. The summed E-state index contributed by atoms with van der Waals surface area (Å²) in [5.41, 5.74) is 0.749. The number of allylic oxidation sites excluding steroid dienone is 2. The lowest BCUT2D eigenvalue weighted by Gasteiger charge is -2.25. The molecule has 5 rings (SSSR count). The Kier molecular flexibility index (Phi) is 9.28. The van der Waals surface area contributed by atoms with Gasteiger partial charge in [0.2, 0.25) is 11.8 Å². The summed E-state index contributed by atoms with van der Waals surface area (Å²) in [6, 6.07) is 5.58. The molecule has 2 heterocycles. The maximum Gasteiger partial charge on any atom is 0.313 e. The Balaban J connectivity index is 1.46. The van der Waals surface area contributed by atoms with Gasteiger partial charge in [0.25, 0.3) is 0 Å². The summed E-state index contributed by atoms with van der Waals surface area (Å²) >= 11 is 0. The quantitative estimate of drug-likeness (QED) is 0.309. The first-order valence-corrected chi connectivity index (χ1v) is 15.6. The molecule has 5 atom stereocenters. The maximum atomic E-state index is 14.0. The van der Waals surface area contributed by atoms with Crippen molar-refractivity contribution in [2.45, 2.75) is 71.8 Å². The van der Waals surface area contributed by atoms with Gasteiger partial charge >= 0.3 is 5.97 Å². The van der Waals surface area contributed by atoms with Gasteiger partial charge in [0.1, 0.15) is 23.4 Å². The second-order valence-electron chi connectivity index (χ2n) is 12.1. The van der Waals surface area contributed by atoms with Crippen LogP contribution in [0.3, 0.4) is 0 Å². The molecular weight excluding hydrogens is 548 g/mol. The molecule has 43 heavy (non-hydrogen) atoms. The number of ketones is 1. The fraction of sp³-hybridized carbons (Fsp3) is 0.588. The molecule has 3 aliphatic rings. The number of pyridine rings is 1. The summed E-state index contributed by atoms with van der Waals surface area (Å²) < 4.78 is 23.3. The first kappa shape index (κ1) is 30.8. The second kappa shape index (κ2) is 12.9. The van der Waals surface area contributed by atoms with Crippen molar-refractivity contribution in [2.24, 2.45) is 23.2 Å². The number of Topliss-reactive ketones (excluding diaryl/α,β-unsaturated/α-hetero) is 1. The monoisotopic (exact) mass is 592 g/mol. The molecule has 0 unspecified atom stereocenters. The van der Waals surface area contributed by atoms with Crippen molar-refractivity contribution in [1.82, 2.24) is 9.88 Å². The number of benzene rings is 1. The Morgan fingerprint density at radius 1 is 1.09 bits per heavy atom. The number of aryl methyl sites for hydroxylation is 1. The predicted molar refractivity (Wildman–Crippen MR) is 162 cm³/mol. The molecule has 9 nitrogen and oxygen atoms in total. The molecular formula is C34H44N2O7. The molecule has 2 aliphatic carbocycles. The van der Waals surface area contributed by atoms with Crippen LogP contribution in [0, 0.1) is 30.1 Å². The third-order valence-electron chi connectivity index (χ3n) is 9.34. The molecule has 0 radical (unpaired) electrons. The van der Waals surface area contributed by atoms with E-state index in [2.05, 4.69) is 12.2 Å². The van der Waals surface area contributed by atoms with E-state index in [1.54, 1.807) is 25.0 Å². The van der Waals surface area contributed by atoms with Gasteiger partial charge in [-0.2, -0.15) is 0 Å². The minimum atomic E-state index is -0.837. The van der Waals surface area contributed by atoms with Crippen molar-refractivity contribution in [3.05, 3.63) is 35.9 Å². The van der Waals surface area contributed by atoms with Gasteiger partial charge in [-0.25, -0.2) is 4.98 Å². The van der Waals surface area contributed by atoms with Crippen LogP contribution in [0.15, 0.2) is 30.4 Å². The Bertz CT molecular complexity index is 1400. The van der Waals surface area contributed by atoms with E-state index in [0.29, 0.717) is 55.3 Å². The van der Waals surface area contributed by atoms with E-state index >= 15 is 0 Å². The second-order valence-corrected chi connectivity index (χ2v) is 12.1. The van der Waals surface area contributed by atoms with Crippen LogP contribution in [0.4, 0.5) is 0 Å². The highest BCUT2D eigenvalue weighted by Gasteiger charge is 2.61. The van der Waals surface area contributed by atoms with Gasteiger partial charge in [0, 0.05) is 42.9 Å². The topological polar surface area (TPSA) is 104 Å². The lowest BCUT2D eigenvalue weighted by Crippen LogP contribution is -2.38. The van der Waals surface area contributed by atoms with E-state index in [1.165, 1.54) is 0 Å². The highest BCUT2D eigenvalue weighted by molar-refractivity contribution is 5.94. The number of carbonyl (C=O) groups is 3. The molecule has 0 bridgehead atoms. The van der Waals surface area contributed by atoms with Crippen molar-refractivity contribution in [3.8, 4) is 17.4 Å². The molecule has 9 heteroatoms. The Hall–Kier alpha value is -3.62. The molecule has 2 saturated carbocycles. The van der Waals surface area contributed by atoms with Crippen LogP contribution in [-0.2, 0) is 19.1 Å². The summed E-state index contributed by atoms with van der Waals surface area (Å²) in [7, 11) is 3.44. The van der Waals surface area contributed by atoms with E-state index in [4.69, 9.17) is 23.9 Å². The predicted octanol–water partition coefficient (Wildman–Crippen LogP) is 5.45. The standard InChI is InChI=1S/C34H44N2O7/c1-6-41-30-18-29(24-13-14-28(40-5)21(3)31(24)35-30)43-23-16-25-26(17-23)32(38)36(4)15-11-9-8-10-12-22-19-34(22,20-27(25)37)33(39)42-7-2/h10,12-14,18,22-23,25-26H,6-9,11,15-17,19-20H2,1-5H3/b12-10-/t22-,23+,25+,26+,34+/m0/s1. The zero-order valence-corrected chi connectivity index (χ0v) is 26.0. The summed E-state index contributed by atoms with van der Waals surface area (Å²) in [5.74, 6) is 0.274. The van der Waals surface area contributed by atoms with Crippen LogP contribution in [0.5, 0.6) is 17.4 Å². The van der Waals surface area contributed by atoms with Crippen LogP contribution in [0.2, 0.25) is 0 Å². The lowest BCUT2D eigenvalue weighted by atomic mass is 9.84. The van der Waals surface area contributed by atoms with Gasteiger partial charge in [0.15, 0.2) is 0 Å². The Labute approximate surface area is 253 Å². The molecule has 232 valence electrons. The smallest absolute Gasteiger partial charge is 0.313 e. The van der Waals surface area contributed by atoms with E-state index in [1.807, 2.05) is 33.0 Å². The van der Waals surface area contributed by atoms with Crippen LogP contribution < -0.4 is 14.2 Å². The fourth-order valence-electron chi connectivity index (χ4n) is 6.87. The van der Waals surface area contributed by atoms with Crippen molar-refractivity contribution in [3.63, 3.8) is 0 Å². The van der Waals surface area contributed by atoms with Gasteiger partial charge in [0.05, 0.1) is 37.2 Å².